The van der Waals surface area contributed by atoms with Crippen LogP contribution in [-0.2, 0) is 50.4 Å². The number of aliphatic hydroxyl groups excluding tert-OH is 6. The van der Waals surface area contributed by atoms with E-state index in [1.165, 1.54) is 26.0 Å². The third-order valence-corrected chi connectivity index (χ3v) is 11.2. The van der Waals surface area contributed by atoms with Crippen LogP contribution in [0.5, 0.6) is 11.5 Å². The number of carbonyl (C=O) groups is 2. The summed E-state index contributed by atoms with van der Waals surface area (Å²) in [6.45, 7) is 9.81. The molecule has 8 N–H and O–H groups in total. The van der Waals surface area contributed by atoms with Crippen LogP contribution in [0.4, 0.5) is 0 Å². The number of rotatable bonds is 19. The second-order valence-corrected chi connectivity index (χ2v) is 15.9. The summed E-state index contributed by atoms with van der Waals surface area (Å²) < 4.78 is 35.2. The van der Waals surface area contributed by atoms with E-state index in [0.717, 1.165) is 31.7 Å². The lowest BCUT2D eigenvalue weighted by atomic mass is 9.86. The number of aliphatic hydroxyl groups is 6. The van der Waals surface area contributed by atoms with Crippen molar-refractivity contribution in [2.75, 3.05) is 6.61 Å². The van der Waals surface area contributed by atoms with Crippen molar-refractivity contribution < 1.29 is 78.9 Å². The highest BCUT2D eigenvalue weighted by Gasteiger charge is 2.63. The fraction of sp³-hybridized carbons (Fsp3) is 0.674. The smallest absolute Gasteiger partial charge is 0.334 e. The minimum atomic E-state index is -2.26. The molecule has 14 atom stereocenters. The average molecular weight is 837 g/mol. The lowest BCUT2D eigenvalue weighted by Gasteiger charge is -2.50. The second-order valence-electron chi connectivity index (χ2n) is 15.9. The third kappa shape index (κ3) is 11.7. The fourth-order valence-electron chi connectivity index (χ4n) is 7.40. The van der Waals surface area contributed by atoms with E-state index in [2.05, 4.69) is 26.0 Å². The second kappa shape index (κ2) is 21.9. The van der Waals surface area contributed by atoms with E-state index in [1.807, 2.05) is 6.92 Å². The summed E-state index contributed by atoms with van der Waals surface area (Å²) in [6, 6.07) is 2.29. The molecule has 2 saturated heterocycles. The van der Waals surface area contributed by atoms with Gasteiger partial charge in [0.15, 0.2) is 18.5 Å². The molecule has 2 fully saturated rings. The summed E-state index contributed by atoms with van der Waals surface area (Å²) in [5.41, 5.74) is 0.192. The largest absolute Gasteiger partial charge is 0.508 e. The highest BCUT2D eigenvalue weighted by Crippen LogP contribution is 2.51. The number of ether oxygens (including phenoxy) is 6. The van der Waals surface area contributed by atoms with E-state index in [1.54, 1.807) is 19.1 Å². The number of benzene rings is 1. The van der Waals surface area contributed by atoms with Gasteiger partial charge in [-0.1, -0.05) is 64.5 Å². The van der Waals surface area contributed by atoms with Crippen LogP contribution >= 0.6 is 0 Å². The number of aromatic hydroxyl groups is 2. The SMILES string of the molecule is CCCC(=O)O[C@@H](C)C1OC(OC2C(CO)OC3(OCc4cc(O)cc(O)c43)C(O)C2OC(=O)/C(C)=C/C=C/CC(O)C(C)CCC/C=C/C(C)CC)C(O)C(O)C1O. The maximum atomic E-state index is 13.7. The fourth-order valence-corrected chi connectivity index (χ4v) is 7.40. The van der Waals surface area contributed by atoms with Gasteiger partial charge in [-0.2, -0.15) is 0 Å². The van der Waals surface area contributed by atoms with Gasteiger partial charge in [0.25, 0.3) is 0 Å². The normalized spacial score (nSPS) is 31.9. The topological polar surface area (TPSA) is 251 Å². The monoisotopic (exact) mass is 836 g/mol. The molecule has 0 amide bonds. The number of fused-ring (bicyclic) bond motifs is 2. The number of hydrogen-bond acceptors (Lipinski definition) is 16. The van der Waals surface area contributed by atoms with Crippen LogP contribution in [0.3, 0.4) is 0 Å². The van der Waals surface area contributed by atoms with Gasteiger partial charge in [0.2, 0.25) is 5.79 Å². The molecule has 3 aliphatic heterocycles. The molecular weight excluding hydrogens is 772 g/mol. The van der Waals surface area contributed by atoms with Crippen molar-refractivity contribution in [1.29, 1.82) is 0 Å². The zero-order valence-electron chi connectivity index (χ0n) is 34.8. The quantitative estimate of drug-likeness (QED) is 0.0328. The van der Waals surface area contributed by atoms with Crippen molar-refractivity contribution in [3.05, 3.63) is 59.2 Å². The molecule has 1 aromatic carbocycles. The Balaban J connectivity index is 1.56. The Kier molecular flexibility index (Phi) is 17.9. The summed E-state index contributed by atoms with van der Waals surface area (Å²) in [7, 11) is 0. The molecule has 0 saturated carbocycles. The number of hydrogen-bond donors (Lipinski definition) is 8. The van der Waals surface area contributed by atoms with Gasteiger partial charge < -0.3 is 69.3 Å². The van der Waals surface area contributed by atoms with E-state index >= 15 is 0 Å². The van der Waals surface area contributed by atoms with Crippen LogP contribution in [0.15, 0.2) is 48.1 Å². The maximum absolute atomic E-state index is 13.7. The Morgan fingerprint density at radius 1 is 1.02 bits per heavy atom. The van der Waals surface area contributed by atoms with Crippen LogP contribution in [0.2, 0.25) is 0 Å². The number of unbranched alkanes of at least 4 members (excludes halogenated alkanes) is 1. The molecule has 4 rings (SSSR count). The molecule has 1 aromatic rings. The molecule has 1 spiro atoms. The molecule has 332 valence electrons. The standard InChI is InChI=1S/C43H64O16/c1-7-14-32(48)55-26(6)37-35(50)34(49)36(51)42(57-37)58-38-31(21-44)59-43(33-27(22-54-43)19-28(45)20-30(33)47)40(52)39(38)56-41(53)25(5)17-12-13-18-29(46)24(4)16-11-9-10-15-23(3)8-2/h10,12-13,15,17,19-20,23-24,26,29,31,34-40,42,44-47,49-52H,7-9,11,14,16,18,21-22H2,1-6H3/b13-12+,15-10+,25-17+/t23?,24?,26-,29?,31?,34?,35?,36?,37?,38?,39?,40?,42?,43?/m0/s1. The molecule has 0 aromatic heterocycles. The van der Waals surface area contributed by atoms with Gasteiger partial charge in [-0.25, -0.2) is 4.79 Å². The first kappa shape index (κ1) is 48.2. The van der Waals surface area contributed by atoms with Crippen LogP contribution in [-0.4, -0.2) is 127 Å². The minimum Gasteiger partial charge on any atom is -0.508 e. The molecule has 0 aliphatic carbocycles. The first-order valence-corrected chi connectivity index (χ1v) is 20.6. The maximum Gasteiger partial charge on any atom is 0.334 e. The van der Waals surface area contributed by atoms with E-state index < -0.39 is 97.4 Å². The number of allylic oxidation sites excluding steroid dienone is 4. The zero-order chi connectivity index (χ0) is 43.6. The summed E-state index contributed by atoms with van der Waals surface area (Å²) in [5.74, 6) is -4.05. The van der Waals surface area contributed by atoms with Gasteiger partial charge in [-0.05, 0) is 69.4 Å². The molecular formula is C43H64O16. The van der Waals surface area contributed by atoms with Crippen LogP contribution in [0.25, 0.3) is 0 Å². The van der Waals surface area contributed by atoms with Crippen molar-refractivity contribution in [3.8, 4) is 11.5 Å². The Hall–Kier alpha value is -3.42. The molecule has 59 heavy (non-hydrogen) atoms. The minimum absolute atomic E-state index is 0.0439. The predicted molar refractivity (Wildman–Crippen MR) is 211 cm³/mol. The third-order valence-electron chi connectivity index (χ3n) is 11.2. The highest BCUT2D eigenvalue weighted by atomic mass is 16.8. The van der Waals surface area contributed by atoms with Crippen LogP contribution in [0.1, 0.15) is 97.6 Å². The van der Waals surface area contributed by atoms with E-state index in [9.17, 15) is 50.4 Å². The first-order valence-electron chi connectivity index (χ1n) is 20.6. The molecule has 13 unspecified atom stereocenters. The van der Waals surface area contributed by atoms with Gasteiger partial charge >= 0.3 is 11.9 Å². The summed E-state index contributed by atoms with van der Waals surface area (Å²) in [5, 5.41) is 87.1. The van der Waals surface area contributed by atoms with E-state index in [-0.39, 0.29) is 41.4 Å². The molecule has 16 heteroatoms. The van der Waals surface area contributed by atoms with E-state index in [0.29, 0.717) is 18.8 Å². The van der Waals surface area contributed by atoms with Crippen molar-refractivity contribution in [2.45, 2.75) is 166 Å². The van der Waals surface area contributed by atoms with Gasteiger partial charge in [-0.15, -0.1) is 0 Å². The highest BCUT2D eigenvalue weighted by molar-refractivity contribution is 5.88. The van der Waals surface area contributed by atoms with Crippen LogP contribution in [0, 0.1) is 11.8 Å². The molecule has 3 heterocycles. The number of esters is 2. The lowest BCUT2D eigenvalue weighted by molar-refractivity contribution is -0.396. The van der Waals surface area contributed by atoms with E-state index in [4.69, 9.17) is 28.4 Å². The summed E-state index contributed by atoms with van der Waals surface area (Å²) >= 11 is 0. The Labute approximate surface area is 345 Å². The number of phenols is 2. The van der Waals surface area contributed by atoms with Gasteiger partial charge in [0, 0.05) is 18.1 Å². The average Bonchev–Trinajstić information content (AvgIpc) is 3.57. The predicted octanol–water partition coefficient (Wildman–Crippen LogP) is 3.03. The van der Waals surface area contributed by atoms with Gasteiger partial charge in [-0.3, -0.25) is 4.79 Å². The van der Waals surface area contributed by atoms with Crippen LogP contribution < -0.4 is 0 Å². The number of carbonyl (C=O) groups excluding carboxylic acids is 2. The molecule has 0 bridgehead atoms. The van der Waals surface area contributed by atoms with Crippen molar-refractivity contribution in [3.63, 3.8) is 0 Å². The van der Waals surface area contributed by atoms with Gasteiger partial charge in [0.05, 0.1) is 24.9 Å². The zero-order valence-corrected chi connectivity index (χ0v) is 34.8. The van der Waals surface area contributed by atoms with Crippen molar-refractivity contribution in [1.82, 2.24) is 0 Å². The Morgan fingerprint density at radius 3 is 2.42 bits per heavy atom. The Morgan fingerprint density at radius 2 is 1.75 bits per heavy atom. The molecule has 3 aliphatic rings. The van der Waals surface area contributed by atoms with Crippen molar-refractivity contribution >= 4 is 11.9 Å². The van der Waals surface area contributed by atoms with Gasteiger partial charge in [0.1, 0.15) is 54.2 Å². The van der Waals surface area contributed by atoms with Crippen molar-refractivity contribution in [2.24, 2.45) is 11.8 Å². The molecule has 0 radical (unpaired) electrons. The summed E-state index contributed by atoms with van der Waals surface area (Å²) in [6.07, 6.45) is -3.68. The lowest BCUT2D eigenvalue weighted by Crippen LogP contribution is -2.68. The first-order chi connectivity index (χ1) is 28.0. The summed E-state index contributed by atoms with van der Waals surface area (Å²) in [4.78, 5) is 25.9. The molecule has 16 nitrogen and oxygen atoms in total. The number of phenolic OH excluding ortho intramolecular Hbond substituents is 2. The Bertz CT molecular complexity index is 1630.